The molecule has 0 aromatic heterocycles. The molecular formula is C16H19Cl2NO2. The van der Waals surface area contributed by atoms with Crippen molar-refractivity contribution in [2.75, 3.05) is 6.54 Å². The molecule has 1 aliphatic carbocycles. The van der Waals surface area contributed by atoms with Crippen molar-refractivity contribution in [1.82, 2.24) is 5.32 Å². The Bertz CT molecular complexity index is 523. The zero-order valence-electron chi connectivity index (χ0n) is 11.7. The summed E-state index contributed by atoms with van der Waals surface area (Å²) >= 11 is 11.9. The summed E-state index contributed by atoms with van der Waals surface area (Å²) in [5, 5.41) is 13.4. The van der Waals surface area contributed by atoms with Crippen LogP contribution in [0.25, 0.3) is 6.08 Å². The average Bonchev–Trinajstić information content (AvgIpc) is 2.46. The molecule has 0 atom stereocenters. The average molecular weight is 328 g/mol. The Labute approximate surface area is 134 Å². The summed E-state index contributed by atoms with van der Waals surface area (Å²) in [7, 11) is 0. The first kappa shape index (κ1) is 16.3. The van der Waals surface area contributed by atoms with Gasteiger partial charge >= 0.3 is 0 Å². The highest BCUT2D eigenvalue weighted by atomic mass is 35.5. The van der Waals surface area contributed by atoms with Crippen LogP contribution in [0.3, 0.4) is 0 Å². The maximum atomic E-state index is 11.8. The van der Waals surface area contributed by atoms with Crippen LogP contribution in [0.15, 0.2) is 24.3 Å². The molecule has 3 nitrogen and oxygen atoms in total. The summed E-state index contributed by atoms with van der Waals surface area (Å²) in [6.45, 7) is 0.657. The van der Waals surface area contributed by atoms with E-state index in [9.17, 15) is 9.90 Å². The van der Waals surface area contributed by atoms with Gasteiger partial charge in [-0.1, -0.05) is 29.3 Å². The third kappa shape index (κ3) is 5.34. The molecule has 2 rings (SSSR count). The number of carbonyl (C=O) groups is 1. The van der Waals surface area contributed by atoms with Crippen LogP contribution in [-0.2, 0) is 4.79 Å². The second-order valence-electron chi connectivity index (χ2n) is 5.42. The topological polar surface area (TPSA) is 49.3 Å². The third-order valence-corrected chi connectivity index (χ3v) is 4.32. The van der Waals surface area contributed by atoms with Crippen molar-refractivity contribution < 1.29 is 9.90 Å². The van der Waals surface area contributed by atoms with Crippen LogP contribution in [0.5, 0.6) is 0 Å². The summed E-state index contributed by atoms with van der Waals surface area (Å²) in [5.41, 5.74) is 0.761. The van der Waals surface area contributed by atoms with Crippen LogP contribution in [-0.4, -0.2) is 23.7 Å². The molecule has 0 saturated heterocycles. The third-order valence-electron chi connectivity index (χ3n) is 3.76. The van der Waals surface area contributed by atoms with E-state index in [1.807, 2.05) is 0 Å². The summed E-state index contributed by atoms with van der Waals surface area (Å²) in [5.74, 6) is 0.331. The van der Waals surface area contributed by atoms with Gasteiger partial charge in [0.2, 0.25) is 5.91 Å². The van der Waals surface area contributed by atoms with Crippen molar-refractivity contribution >= 4 is 35.2 Å². The molecule has 1 saturated carbocycles. The maximum Gasteiger partial charge on any atom is 0.244 e. The molecule has 0 aliphatic heterocycles. The monoisotopic (exact) mass is 327 g/mol. The van der Waals surface area contributed by atoms with E-state index >= 15 is 0 Å². The van der Waals surface area contributed by atoms with Crippen LogP contribution >= 0.6 is 23.2 Å². The Morgan fingerprint density at radius 3 is 2.67 bits per heavy atom. The Morgan fingerprint density at radius 2 is 2.00 bits per heavy atom. The molecule has 1 amide bonds. The van der Waals surface area contributed by atoms with Gasteiger partial charge in [0.15, 0.2) is 0 Å². The SMILES string of the molecule is O=C(/C=C/c1ccc(Cl)cc1Cl)NCC1CCC(O)CC1. The van der Waals surface area contributed by atoms with E-state index < -0.39 is 0 Å². The van der Waals surface area contributed by atoms with Crippen LogP contribution in [0.1, 0.15) is 31.2 Å². The number of amides is 1. The van der Waals surface area contributed by atoms with E-state index in [4.69, 9.17) is 23.2 Å². The van der Waals surface area contributed by atoms with Crippen molar-refractivity contribution in [3.63, 3.8) is 0 Å². The number of nitrogens with one attached hydrogen (secondary N) is 1. The first-order valence-corrected chi connectivity index (χ1v) is 7.89. The Morgan fingerprint density at radius 1 is 1.29 bits per heavy atom. The van der Waals surface area contributed by atoms with Crippen LogP contribution in [0.2, 0.25) is 10.0 Å². The normalized spacial score (nSPS) is 22.4. The van der Waals surface area contributed by atoms with Crippen molar-refractivity contribution in [2.45, 2.75) is 31.8 Å². The van der Waals surface area contributed by atoms with Gasteiger partial charge < -0.3 is 10.4 Å². The number of rotatable bonds is 4. The van der Waals surface area contributed by atoms with Crippen LogP contribution < -0.4 is 5.32 Å². The minimum Gasteiger partial charge on any atom is -0.393 e. The zero-order chi connectivity index (χ0) is 15.2. The van der Waals surface area contributed by atoms with Crippen molar-refractivity contribution in [3.8, 4) is 0 Å². The molecule has 114 valence electrons. The molecule has 21 heavy (non-hydrogen) atoms. The van der Waals surface area contributed by atoms with Crippen molar-refractivity contribution in [1.29, 1.82) is 0 Å². The molecule has 0 spiro atoms. The van der Waals surface area contributed by atoms with Crippen LogP contribution in [0.4, 0.5) is 0 Å². The molecule has 2 N–H and O–H groups in total. The van der Waals surface area contributed by atoms with Gasteiger partial charge in [-0.05, 0) is 55.4 Å². The second-order valence-corrected chi connectivity index (χ2v) is 6.26. The number of aliphatic hydroxyl groups excluding tert-OH is 1. The number of halogens is 2. The maximum absolute atomic E-state index is 11.8. The molecule has 1 aliphatic rings. The molecule has 0 unspecified atom stereocenters. The first-order chi connectivity index (χ1) is 10.0. The smallest absolute Gasteiger partial charge is 0.244 e. The van der Waals surface area contributed by atoms with Gasteiger partial charge in [0.25, 0.3) is 0 Å². The highest BCUT2D eigenvalue weighted by Crippen LogP contribution is 2.24. The molecule has 5 heteroatoms. The second kappa shape index (κ2) is 7.83. The van der Waals surface area contributed by atoms with Crippen LogP contribution in [0, 0.1) is 5.92 Å². The van der Waals surface area contributed by atoms with Gasteiger partial charge in [-0.3, -0.25) is 4.79 Å². The predicted octanol–water partition coefficient (Wildman–Crippen LogP) is 3.67. The lowest BCUT2D eigenvalue weighted by Crippen LogP contribution is -2.31. The minimum atomic E-state index is -0.163. The van der Waals surface area contributed by atoms with E-state index in [2.05, 4.69) is 5.32 Å². The lowest BCUT2D eigenvalue weighted by atomic mass is 9.87. The molecule has 0 radical (unpaired) electrons. The van der Waals surface area contributed by atoms with Crippen molar-refractivity contribution in [2.24, 2.45) is 5.92 Å². The predicted molar refractivity (Wildman–Crippen MR) is 86.5 cm³/mol. The summed E-state index contributed by atoms with van der Waals surface area (Å²) in [4.78, 5) is 11.8. The quantitative estimate of drug-likeness (QED) is 0.829. The summed E-state index contributed by atoms with van der Waals surface area (Å²) in [6, 6.07) is 5.16. The number of hydrogen-bond acceptors (Lipinski definition) is 2. The Hall–Kier alpha value is -1.03. The fourth-order valence-corrected chi connectivity index (χ4v) is 2.93. The van der Waals surface area contributed by atoms with E-state index in [0.29, 0.717) is 22.5 Å². The van der Waals surface area contributed by atoms with E-state index in [1.165, 1.54) is 6.08 Å². The number of aliphatic hydroxyl groups is 1. The lowest BCUT2D eigenvalue weighted by molar-refractivity contribution is -0.116. The fraction of sp³-hybridized carbons (Fsp3) is 0.438. The number of hydrogen-bond donors (Lipinski definition) is 2. The van der Waals surface area contributed by atoms with E-state index in [-0.39, 0.29) is 12.0 Å². The molecular weight excluding hydrogens is 309 g/mol. The zero-order valence-corrected chi connectivity index (χ0v) is 13.2. The minimum absolute atomic E-state index is 0.132. The van der Waals surface area contributed by atoms with E-state index in [1.54, 1.807) is 24.3 Å². The number of carbonyl (C=O) groups excluding carboxylic acids is 1. The van der Waals surface area contributed by atoms with Gasteiger partial charge in [-0.15, -0.1) is 0 Å². The Balaban J connectivity index is 1.80. The van der Waals surface area contributed by atoms with Gasteiger partial charge in [0, 0.05) is 22.7 Å². The first-order valence-electron chi connectivity index (χ1n) is 7.13. The highest BCUT2D eigenvalue weighted by molar-refractivity contribution is 6.35. The van der Waals surface area contributed by atoms with Crippen molar-refractivity contribution in [3.05, 3.63) is 39.9 Å². The largest absolute Gasteiger partial charge is 0.393 e. The summed E-state index contributed by atoms with van der Waals surface area (Å²) < 4.78 is 0. The fourth-order valence-electron chi connectivity index (χ4n) is 2.45. The lowest BCUT2D eigenvalue weighted by Gasteiger charge is -2.25. The highest BCUT2D eigenvalue weighted by Gasteiger charge is 2.19. The van der Waals surface area contributed by atoms with E-state index in [0.717, 1.165) is 31.2 Å². The van der Waals surface area contributed by atoms with Gasteiger partial charge in [0.05, 0.1) is 6.10 Å². The standard InChI is InChI=1S/C16H19Cl2NO2/c17-13-5-3-12(15(18)9-13)4-8-16(21)19-10-11-1-6-14(20)7-2-11/h3-5,8-9,11,14,20H,1-2,6-7,10H2,(H,19,21)/b8-4+. The molecule has 1 aromatic carbocycles. The molecule has 0 bridgehead atoms. The number of benzene rings is 1. The summed E-state index contributed by atoms with van der Waals surface area (Å²) in [6.07, 6.45) is 6.59. The molecule has 1 fully saturated rings. The molecule has 0 heterocycles. The molecule has 1 aromatic rings. The van der Waals surface area contributed by atoms with Gasteiger partial charge in [-0.25, -0.2) is 0 Å². The Kier molecular flexibility index (Phi) is 6.09. The van der Waals surface area contributed by atoms with Gasteiger partial charge in [0.1, 0.15) is 0 Å². The van der Waals surface area contributed by atoms with Gasteiger partial charge in [-0.2, -0.15) is 0 Å².